The van der Waals surface area contributed by atoms with E-state index in [1.165, 1.54) is 11.3 Å². The summed E-state index contributed by atoms with van der Waals surface area (Å²) in [5, 5.41) is 8.50. The van der Waals surface area contributed by atoms with Crippen molar-refractivity contribution in [1.29, 1.82) is 0 Å². The van der Waals surface area contributed by atoms with Crippen molar-refractivity contribution in [2.24, 2.45) is 0 Å². The third-order valence-corrected chi connectivity index (χ3v) is 5.59. The monoisotopic (exact) mass is 465 g/mol. The van der Waals surface area contributed by atoms with Crippen molar-refractivity contribution in [2.75, 3.05) is 19.5 Å². The molecule has 32 heavy (non-hydrogen) atoms. The van der Waals surface area contributed by atoms with Gasteiger partial charge >= 0.3 is 0 Å². The molecule has 0 saturated carbocycles. The summed E-state index contributed by atoms with van der Waals surface area (Å²) >= 11 is 6.57. The Labute approximate surface area is 194 Å². The van der Waals surface area contributed by atoms with Crippen LogP contribution in [0.5, 0.6) is 23.0 Å². The second kappa shape index (κ2) is 9.63. The van der Waals surface area contributed by atoms with Gasteiger partial charge in [0.2, 0.25) is 0 Å². The molecule has 4 aromatic rings. The van der Waals surface area contributed by atoms with Crippen LogP contribution in [0.3, 0.4) is 0 Å². The average Bonchev–Trinajstić information content (AvgIpc) is 3.35. The van der Waals surface area contributed by atoms with Crippen LogP contribution in [0.1, 0.15) is 9.67 Å². The van der Waals surface area contributed by atoms with Crippen molar-refractivity contribution >= 4 is 51.2 Å². The number of carbonyl (C=O) groups is 1. The fraction of sp³-hybridized carbons (Fsp3) is 0.0870. The number of benzene rings is 2. The molecular formula is C23H19N3O4S2. The third-order valence-electron chi connectivity index (χ3n) is 4.52. The van der Waals surface area contributed by atoms with E-state index in [9.17, 15) is 4.79 Å². The molecule has 2 heterocycles. The lowest BCUT2D eigenvalue weighted by Gasteiger charge is -2.13. The molecule has 1 amide bonds. The molecule has 0 bridgehead atoms. The zero-order chi connectivity index (χ0) is 22.5. The van der Waals surface area contributed by atoms with E-state index in [4.69, 9.17) is 26.4 Å². The average molecular weight is 466 g/mol. The maximum Gasteiger partial charge on any atom is 0.267 e. The van der Waals surface area contributed by atoms with Crippen LogP contribution in [0.15, 0.2) is 66.2 Å². The Kier molecular flexibility index (Phi) is 6.48. The fourth-order valence-electron chi connectivity index (χ4n) is 3.00. The lowest BCUT2D eigenvalue weighted by atomic mass is 10.2. The van der Waals surface area contributed by atoms with Crippen LogP contribution in [0.25, 0.3) is 10.9 Å². The zero-order valence-electron chi connectivity index (χ0n) is 17.2. The molecule has 0 radical (unpaired) electrons. The Morgan fingerprint density at radius 2 is 1.75 bits per heavy atom. The Morgan fingerprint density at radius 1 is 1.00 bits per heavy atom. The molecular weight excluding hydrogens is 446 g/mol. The Morgan fingerprint density at radius 3 is 2.44 bits per heavy atom. The Balaban J connectivity index is 1.46. The molecule has 162 valence electrons. The first-order valence-electron chi connectivity index (χ1n) is 9.52. The highest BCUT2D eigenvalue weighted by atomic mass is 32.1. The molecule has 0 saturated heterocycles. The topological polar surface area (TPSA) is 81.7 Å². The second-order valence-corrected chi connectivity index (χ2v) is 7.90. The van der Waals surface area contributed by atoms with E-state index in [1.54, 1.807) is 50.7 Å². The third kappa shape index (κ3) is 4.79. The Bertz CT molecular complexity index is 1260. The van der Waals surface area contributed by atoms with E-state index in [1.807, 2.05) is 29.6 Å². The Hall–Kier alpha value is -3.69. The predicted octanol–water partition coefficient (Wildman–Crippen LogP) is 5.23. The van der Waals surface area contributed by atoms with Gasteiger partial charge < -0.3 is 19.5 Å². The number of rotatable bonds is 6. The van der Waals surface area contributed by atoms with Crippen LogP contribution in [0, 0.1) is 0 Å². The molecule has 0 aliphatic rings. The number of aromatic nitrogens is 1. The predicted molar refractivity (Wildman–Crippen MR) is 129 cm³/mol. The molecule has 0 spiro atoms. The molecule has 2 aromatic carbocycles. The molecule has 2 N–H and O–H groups in total. The molecule has 0 aliphatic carbocycles. The fourth-order valence-corrected chi connectivity index (χ4v) is 3.83. The van der Waals surface area contributed by atoms with E-state index in [2.05, 4.69) is 15.6 Å². The summed E-state index contributed by atoms with van der Waals surface area (Å²) in [6.07, 6.45) is 1.67. The van der Waals surface area contributed by atoms with Crippen LogP contribution < -0.4 is 24.8 Å². The molecule has 7 nitrogen and oxygen atoms in total. The first kappa shape index (κ1) is 21.5. The summed E-state index contributed by atoms with van der Waals surface area (Å²) in [5.41, 5.74) is 1.45. The number of thiocarbonyl (C=S) groups is 1. The number of nitrogens with one attached hydrogen (secondary N) is 2. The second-order valence-electron chi connectivity index (χ2n) is 6.55. The van der Waals surface area contributed by atoms with Gasteiger partial charge in [0.15, 0.2) is 16.6 Å². The van der Waals surface area contributed by atoms with Crippen molar-refractivity contribution in [1.82, 2.24) is 10.3 Å². The van der Waals surface area contributed by atoms with Crippen LogP contribution >= 0.6 is 23.6 Å². The summed E-state index contributed by atoms with van der Waals surface area (Å²) in [6.45, 7) is 0. The largest absolute Gasteiger partial charge is 0.493 e. The van der Waals surface area contributed by atoms with Crippen molar-refractivity contribution in [3.63, 3.8) is 0 Å². The molecule has 0 aliphatic heterocycles. The van der Waals surface area contributed by atoms with Crippen LogP contribution in [0.4, 0.5) is 5.69 Å². The van der Waals surface area contributed by atoms with Gasteiger partial charge in [-0.25, -0.2) is 0 Å². The van der Waals surface area contributed by atoms with E-state index >= 15 is 0 Å². The number of hydrogen-bond acceptors (Lipinski definition) is 7. The quantitative estimate of drug-likeness (QED) is 0.377. The number of fused-ring (bicyclic) bond motifs is 1. The number of anilines is 1. The van der Waals surface area contributed by atoms with Gasteiger partial charge in [-0.1, -0.05) is 6.07 Å². The van der Waals surface area contributed by atoms with Crippen molar-refractivity contribution in [2.45, 2.75) is 0 Å². The van der Waals surface area contributed by atoms with E-state index in [0.29, 0.717) is 27.9 Å². The summed E-state index contributed by atoms with van der Waals surface area (Å²) in [6, 6.07) is 16.2. The van der Waals surface area contributed by atoms with Gasteiger partial charge in [-0.05, 0) is 60.1 Å². The number of methoxy groups -OCH3 is 2. The van der Waals surface area contributed by atoms with Gasteiger partial charge in [-0.3, -0.25) is 15.1 Å². The minimum atomic E-state index is -0.242. The van der Waals surface area contributed by atoms with Crippen molar-refractivity contribution < 1.29 is 19.0 Å². The summed E-state index contributed by atoms with van der Waals surface area (Å²) in [4.78, 5) is 17.1. The minimum Gasteiger partial charge on any atom is -0.493 e. The summed E-state index contributed by atoms with van der Waals surface area (Å²) in [5.74, 6) is 2.22. The highest BCUT2D eigenvalue weighted by Gasteiger charge is 2.12. The van der Waals surface area contributed by atoms with E-state index in [-0.39, 0.29) is 11.0 Å². The van der Waals surface area contributed by atoms with Crippen molar-refractivity contribution in [3.05, 3.63) is 71.1 Å². The molecule has 2 aromatic heterocycles. The SMILES string of the molecule is COc1cc2nccc(Oc3ccc(NC(=S)NC(=O)c4cccs4)cc3)c2cc1OC. The van der Waals surface area contributed by atoms with E-state index in [0.717, 1.165) is 16.6 Å². The highest BCUT2D eigenvalue weighted by Crippen LogP contribution is 2.36. The van der Waals surface area contributed by atoms with Gasteiger partial charge in [0.05, 0.1) is 24.6 Å². The molecule has 4 rings (SSSR count). The standard InChI is InChI=1S/C23H19N3O4S2/c1-28-19-12-16-17(13-20(19)29-2)24-10-9-18(16)30-15-7-5-14(6-8-15)25-23(31)26-22(27)21-4-3-11-32-21/h3-13H,1-2H3,(H2,25,26,27,31). The minimum absolute atomic E-state index is 0.221. The maximum absolute atomic E-state index is 12.1. The molecule has 0 unspecified atom stereocenters. The number of carbonyl (C=O) groups excluding carboxylic acids is 1. The number of ether oxygens (including phenoxy) is 3. The normalized spacial score (nSPS) is 10.4. The maximum atomic E-state index is 12.1. The van der Waals surface area contributed by atoms with Crippen molar-refractivity contribution in [3.8, 4) is 23.0 Å². The number of nitrogens with zero attached hydrogens (tertiary/aromatic N) is 1. The first-order chi connectivity index (χ1) is 15.6. The van der Waals surface area contributed by atoms with Gasteiger partial charge in [0.25, 0.3) is 5.91 Å². The molecule has 0 atom stereocenters. The van der Waals surface area contributed by atoms with Gasteiger partial charge in [-0.2, -0.15) is 0 Å². The van der Waals surface area contributed by atoms with Crippen LogP contribution in [-0.2, 0) is 0 Å². The first-order valence-corrected chi connectivity index (χ1v) is 10.8. The number of amides is 1. The number of hydrogen-bond donors (Lipinski definition) is 2. The van der Waals surface area contributed by atoms with Crippen LogP contribution in [0.2, 0.25) is 0 Å². The zero-order valence-corrected chi connectivity index (χ0v) is 18.9. The van der Waals surface area contributed by atoms with Gasteiger partial charge in [0, 0.05) is 23.3 Å². The van der Waals surface area contributed by atoms with E-state index < -0.39 is 0 Å². The van der Waals surface area contributed by atoms with Crippen LogP contribution in [-0.4, -0.2) is 30.2 Å². The molecule has 0 fully saturated rings. The lowest BCUT2D eigenvalue weighted by Crippen LogP contribution is -2.33. The summed E-state index contributed by atoms with van der Waals surface area (Å²) < 4.78 is 16.8. The lowest BCUT2D eigenvalue weighted by molar-refractivity contribution is 0.0981. The molecule has 9 heteroatoms. The van der Waals surface area contributed by atoms with Gasteiger partial charge in [0.1, 0.15) is 11.5 Å². The smallest absolute Gasteiger partial charge is 0.267 e. The van der Waals surface area contributed by atoms with Gasteiger partial charge in [-0.15, -0.1) is 11.3 Å². The number of pyridine rings is 1. The number of thiophene rings is 1. The highest BCUT2D eigenvalue weighted by molar-refractivity contribution is 7.80. The summed E-state index contributed by atoms with van der Waals surface area (Å²) in [7, 11) is 3.17.